The third kappa shape index (κ3) is 2.72. The van der Waals surface area contributed by atoms with Gasteiger partial charge in [-0.25, -0.2) is 4.79 Å². The van der Waals surface area contributed by atoms with Crippen LogP contribution in [-0.4, -0.2) is 21.0 Å². The van der Waals surface area contributed by atoms with Gasteiger partial charge >= 0.3 is 11.7 Å². The standard InChI is InChI=1S/C13H11N3O4/c1-8-2-3-9(6-10(8)13(17)18)15-11-4-5-14-7-12(11)16(19)20/h2-7H,1H3,(H,14,15)(H,17,18). The number of carbonyl (C=O) groups is 1. The first kappa shape index (κ1) is 13.5. The van der Waals surface area contributed by atoms with Gasteiger partial charge in [0.05, 0.1) is 10.5 Å². The van der Waals surface area contributed by atoms with Crippen LogP contribution in [-0.2, 0) is 0 Å². The summed E-state index contributed by atoms with van der Waals surface area (Å²) in [7, 11) is 0. The molecule has 0 amide bonds. The number of aromatic nitrogens is 1. The van der Waals surface area contributed by atoms with Crippen LogP contribution >= 0.6 is 0 Å². The summed E-state index contributed by atoms with van der Waals surface area (Å²) in [6.45, 7) is 1.68. The number of pyridine rings is 1. The van der Waals surface area contributed by atoms with Gasteiger partial charge in [-0.05, 0) is 30.7 Å². The van der Waals surface area contributed by atoms with Crippen molar-refractivity contribution in [1.29, 1.82) is 0 Å². The van der Waals surface area contributed by atoms with Crippen molar-refractivity contribution in [1.82, 2.24) is 4.98 Å². The largest absolute Gasteiger partial charge is 0.478 e. The molecule has 2 aromatic rings. The van der Waals surface area contributed by atoms with Gasteiger partial charge in [0.2, 0.25) is 0 Å². The van der Waals surface area contributed by atoms with E-state index in [1.807, 2.05) is 0 Å². The highest BCUT2D eigenvalue weighted by Crippen LogP contribution is 2.27. The molecule has 0 saturated carbocycles. The highest BCUT2D eigenvalue weighted by Gasteiger charge is 2.14. The van der Waals surface area contributed by atoms with Crippen molar-refractivity contribution in [2.24, 2.45) is 0 Å². The van der Waals surface area contributed by atoms with Gasteiger partial charge in [-0.2, -0.15) is 0 Å². The molecule has 20 heavy (non-hydrogen) atoms. The van der Waals surface area contributed by atoms with Crippen LogP contribution in [0.3, 0.4) is 0 Å². The maximum atomic E-state index is 11.1. The molecule has 0 aliphatic rings. The Balaban J connectivity index is 2.38. The lowest BCUT2D eigenvalue weighted by atomic mass is 10.1. The minimum Gasteiger partial charge on any atom is -0.478 e. The van der Waals surface area contributed by atoms with E-state index >= 15 is 0 Å². The van der Waals surface area contributed by atoms with Crippen LogP contribution in [0.5, 0.6) is 0 Å². The zero-order valence-corrected chi connectivity index (χ0v) is 10.5. The van der Waals surface area contributed by atoms with Crippen molar-refractivity contribution in [2.75, 3.05) is 5.32 Å². The van der Waals surface area contributed by atoms with E-state index in [0.717, 1.165) is 6.20 Å². The molecule has 0 bridgehead atoms. The van der Waals surface area contributed by atoms with Crippen LogP contribution in [0.1, 0.15) is 15.9 Å². The van der Waals surface area contributed by atoms with Gasteiger partial charge in [-0.3, -0.25) is 15.1 Å². The summed E-state index contributed by atoms with van der Waals surface area (Å²) in [4.78, 5) is 25.1. The number of nitrogens with one attached hydrogen (secondary N) is 1. The van der Waals surface area contributed by atoms with Gasteiger partial charge in [0.15, 0.2) is 0 Å². The number of anilines is 2. The van der Waals surface area contributed by atoms with E-state index in [-0.39, 0.29) is 16.9 Å². The molecule has 0 aliphatic heterocycles. The predicted octanol–water partition coefficient (Wildman–Crippen LogP) is 2.74. The Morgan fingerprint density at radius 2 is 2.15 bits per heavy atom. The molecule has 1 aromatic heterocycles. The lowest BCUT2D eigenvalue weighted by Gasteiger charge is -2.08. The molecule has 102 valence electrons. The van der Waals surface area contributed by atoms with E-state index in [1.165, 1.54) is 18.3 Å². The molecule has 0 spiro atoms. The van der Waals surface area contributed by atoms with Gasteiger partial charge in [0.25, 0.3) is 0 Å². The molecule has 0 unspecified atom stereocenters. The number of hydrogen-bond donors (Lipinski definition) is 2. The van der Waals surface area contributed by atoms with E-state index in [0.29, 0.717) is 11.3 Å². The Kier molecular flexibility index (Phi) is 3.60. The van der Waals surface area contributed by atoms with Gasteiger partial charge in [-0.1, -0.05) is 6.07 Å². The molecular weight excluding hydrogens is 262 g/mol. The highest BCUT2D eigenvalue weighted by molar-refractivity contribution is 5.91. The number of aryl methyl sites for hydroxylation is 1. The van der Waals surface area contributed by atoms with Crippen molar-refractivity contribution in [3.05, 3.63) is 57.9 Å². The van der Waals surface area contributed by atoms with Crippen LogP contribution in [0.25, 0.3) is 0 Å². The number of nitro groups is 1. The van der Waals surface area contributed by atoms with E-state index in [2.05, 4.69) is 10.3 Å². The van der Waals surface area contributed by atoms with E-state index in [4.69, 9.17) is 5.11 Å². The van der Waals surface area contributed by atoms with Crippen molar-refractivity contribution in [3.8, 4) is 0 Å². The molecule has 0 saturated heterocycles. The zero-order chi connectivity index (χ0) is 14.7. The maximum absolute atomic E-state index is 11.1. The number of benzene rings is 1. The normalized spacial score (nSPS) is 10.1. The number of carboxylic acid groups (broad SMARTS) is 1. The van der Waals surface area contributed by atoms with Crippen LogP contribution in [0, 0.1) is 17.0 Å². The SMILES string of the molecule is Cc1ccc(Nc2ccncc2[N+](=O)[O-])cc1C(=O)O. The molecule has 7 nitrogen and oxygen atoms in total. The molecule has 0 fully saturated rings. The Labute approximate surface area is 114 Å². The highest BCUT2D eigenvalue weighted by atomic mass is 16.6. The summed E-state index contributed by atoms with van der Waals surface area (Å²) < 4.78 is 0. The molecule has 0 atom stereocenters. The molecule has 1 heterocycles. The summed E-state index contributed by atoms with van der Waals surface area (Å²) >= 11 is 0. The fraction of sp³-hybridized carbons (Fsp3) is 0.0769. The van der Waals surface area contributed by atoms with E-state index < -0.39 is 10.9 Å². The molecule has 2 N–H and O–H groups in total. The summed E-state index contributed by atoms with van der Waals surface area (Å²) in [5, 5.41) is 22.8. The first-order chi connectivity index (χ1) is 9.49. The number of aromatic carboxylic acids is 1. The molecule has 2 rings (SSSR count). The maximum Gasteiger partial charge on any atom is 0.336 e. The number of nitrogens with zero attached hydrogens (tertiary/aromatic N) is 2. The Hall–Kier alpha value is -2.96. The monoisotopic (exact) mass is 273 g/mol. The molecule has 7 heteroatoms. The molecular formula is C13H11N3O4. The second kappa shape index (κ2) is 5.35. The number of carboxylic acids is 1. The average molecular weight is 273 g/mol. The summed E-state index contributed by atoms with van der Waals surface area (Å²) in [6, 6.07) is 6.19. The van der Waals surface area contributed by atoms with Crippen molar-refractivity contribution in [2.45, 2.75) is 6.92 Å². The number of hydrogen-bond acceptors (Lipinski definition) is 5. The first-order valence-corrected chi connectivity index (χ1v) is 5.68. The van der Waals surface area contributed by atoms with Crippen LogP contribution < -0.4 is 5.32 Å². The van der Waals surface area contributed by atoms with Gasteiger partial charge in [0.1, 0.15) is 11.9 Å². The van der Waals surface area contributed by atoms with Crippen LogP contribution in [0.15, 0.2) is 36.7 Å². The van der Waals surface area contributed by atoms with Crippen LogP contribution in [0.4, 0.5) is 17.1 Å². The molecule has 0 aliphatic carbocycles. The lowest BCUT2D eigenvalue weighted by molar-refractivity contribution is -0.384. The third-order valence-electron chi connectivity index (χ3n) is 2.74. The quantitative estimate of drug-likeness (QED) is 0.655. The Morgan fingerprint density at radius 3 is 2.80 bits per heavy atom. The van der Waals surface area contributed by atoms with Gasteiger partial charge in [-0.15, -0.1) is 0 Å². The third-order valence-corrected chi connectivity index (χ3v) is 2.74. The van der Waals surface area contributed by atoms with Crippen molar-refractivity contribution in [3.63, 3.8) is 0 Å². The summed E-state index contributed by atoms with van der Waals surface area (Å²) in [5.74, 6) is -1.05. The minimum atomic E-state index is -1.05. The van der Waals surface area contributed by atoms with Crippen LogP contribution in [0.2, 0.25) is 0 Å². The fourth-order valence-electron chi connectivity index (χ4n) is 1.72. The first-order valence-electron chi connectivity index (χ1n) is 5.68. The minimum absolute atomic E-state index is 0.145. The lowest BCUT2D eigenvalue weighted by Crippen LogP contribution is -2.02. The van der Waals surface area contributed by atoms with E-state index in [1.54, 1.807) is 19.1 Å². The van der Waals surface area contributed by atoms with Crippen molar-refractivity contribution >= 4 is 23.0 Å². The molecule has 0 radical (unpaired) electrons. The number of rotatable bonds is 4. The second-order valence-electron chi connectivity index (χ2n) is 4.11. The topological polar surface area (TPSA) is 105 Å². The van der Waals surface area contributed by atoms with E-state index in [9.17, 15) is 14.9 Å². The smallest absolute Gasteiger partial charge is 0.336 e. The Bertz CT molecular complexity index is 685. The zero-order valence-electron chi connectivity index (χ0n) is 10.5. The van der Waals surface area contributed by atoms with Crippen molar-refractivity contribution < 1.29 is 14.8 Å². The average Bonchev–Trinajstić information content (AvgIpc) is 2.41. The summed E-state index contributed by atoms with van der Waals surface area (Å²) in [5.41, 5.74) is 1.30. The predicted molar refractivity (Wildman–Crippen MR) is 72.3 cm³/mol. The summed E-state index contributed by atoms with van der Waals surface area (Å²) in [6.07, 6.45) is 2.55. The van der Waals surface area contributed by atoms with Gasteiger partial charge in [0, 0.05) is 11.9 Å². The molecule has 1 aromatic carbocycles. The van der Waals surface area contributed by atoms with Gasteiger partial charge < -0.3 is 10.4 Å². The second-order valence-corrected chi connectivity index (χ2v) is 4.11. The fourth-order valence-corrected chi connectivity index (χ4v) is 1.72. The Morgan fingerprint density at radius 1 is 1.40 bits per heavy atom.